The van der Waals surface area contributed by atoms with Crippen LogP contribution < -0.4 is 10.6 Å². The number of aromatic nitrogens is 2. The highest BCUT2D eigenvalue weighted by Crippen LogP contribution is 2.07. The minimum Gasteiger partial charge on any atom is -0.356 e. The summed E-state index contributed by atoms with van der Waals surface area (Å²) >= 11 is 0. The normalized spacial score (nSPS) is 10.5. The molecule has 0 saturated carbocycles. The van der Waals surface area contributed by atoms with Gasteiger partial charge in [0.1, 0.15) is 5.65 Å². The summed E-state index contributed by atoms with van der Waals surface area (Å²) in [5, 5.41) is 5.50. The van der Waals surface area contributed by atoms with Gasteiger partial charge in [0.25, 0.3) is 5.91 Å². The first-order valence-electron chi connectivity index (χ1n) is 6.54. The van der Waals surface area contributed by atoms with E-state index >= 15 is 0 Å². The Morgan fingerprint density at radius 2 is 2.05 bits per heavy atom. The Kier molecular flexibility index (Phi) is 4.34. The van der Waals surface area contributed by atoms with Crippen molar-refractivity contribution in [2.24, 2.45) is 0 Å². The molecule has 0 aliphatic rings. The highest BCUT2D eigenvalue weighted by molar-refractivity contribution is 5.95. The molecule has 0 saturated heterocycles. The van der Waals surface area contributed by atoms with Crippen LogP contribution in [0.25, 0.3) is 5.65 Å². The van der Waals surface area contributed by atoms with Crippen molar-refractivity contribution in [2.75, 3.05) is 13.1 Å². The third-order valence-electron chi connectivity index (χ3n) is 2.86. The van der Waals surface area contributed by atoms with E-state index in [9.17, 15) is 9.59 Å². The lowest BCUT2D eigenvalue weighted by Gasteiger charge is -2.06. The predicted molar refractivity (Wildman–Crippen MR) is 75.6 cm³/mol. The number of nitrogens with one attached hydrogen (secondary N) is 2. The summed E-state index contributed by atoms with van der Waals surface area (Å²) in [7, 11) is 0. The van der Waals surface area contributed by atoms with Crippen LogP contribution >= 0.6 is 0 Å². The van der Waals surface area contributed by atoms with Gasteiger partial charge in [-0.1, -0.05) is 0 Å². The van der Waals surface area contributed by atoms with E-state index in [0.717, 1.165) is 11.3 Å². The lowest BCUT2D eigenvalue weighted by Crippen LogP contribution is -2.28. The molecule has 2 amide bonds. The number of carbonyl (C=O) groups is 2. The Hall–Kier alpha value is -2.37. The van der Waals surface area contributed by atoms with Crippen molar-refractivity contribution in [1.29, 1.82) is 0 Å². The number of rotatable bonds is 5. The predicted octanol–water partition coefficient (Wildman–Crippen LogP) is 0.899. The van der Waals surface area contributed by atoms with Gasteiger partial charge in [-0.2, -0.15) is 0 Å². The number of amides is 2. The van der Waals surface area contributed by atoms with Gasteiger partial charge in [-0.25, -0.2) is 4.98 Å². The van der Waals surface area contributed by atoms with E-state index in [0.29, 0.717) is 25.1 Å². The molecule has 0 aromatic carbocycles. The Labute approximate surface area is 117 Å². The maximum Gasteiger partial charge on any atom is 0.251 e. The van der Waals surface area contributed by atoms with Gasteiger partial charge in [0, 0.05) is 38.0 Å². The molecule has 2 aromatic heterocycles. The van der Waals surface area contributed by atoms with E-state index in [1.165, 1.54) is 6.92 Å². The minimum atomic E-state index is -0.129. The average molecular weight is 274 g/mol. The van der Waals surface area contributed by atoms with E-state index in [1.807, 2.05) is 23.7 Å². The van der Waals surface area contributed by atoms with Crippen molar-refractivity contribution in [3.8, 4) is 0 Å². The van der Waals surface area contributed by atoms with Crippen molar-refractivity contribution >= 4 is 17.5 Å². The molecule has 0 spiro atoms. The van der Waals surface area contributed by atoms with Crippen LogP contribution in [0.15, 0.2) is 24.5 Å². The molecule has 0 fully saturated rings. The molecule has 2 aromatic rings. The summed E-state index contributed by atoms with van der Waals surface area (Å²) in [6.45, 7) is 4.47. The number of nitrogens with zero attached hydrogens (tertiary/aromatic N) is 2. The molecule has 2 heterocycles. The first-order chi connectivity index (χ1) is 9.56. The van der Waals surface area contributed by atoms with Crippen molar-refractivity contribution < 1.29 is 9.59 Å². The van der Waals surface area contributed by atoms with Crippen LogP contribution in [0.3, 0.4) is 0 Å². The fourth-order valence-corrected chi connectivity index (χ4v) is 1.91. The maximum atomic E-state index is 12.0. The lowest BCUT2D eigenvalue weighted by atomic mass is 10.2. The SMILES string of the molecule is CC(=O)NCCCNC(=O)c1ccn2cc(C)nc2c1. The first-order valence-corrected chi connectivity index (χ1v) is 6.54. The largest absolute Gasteiger partial charge is 0.356 e. The quantitative estimate of drug-likeness (QED) is 0.795. The average Bonchev–Trinajstić information content (AvgIpc) is 2.76. The third-order valence-corrected chi connectivity index (χ3v) is 2.86. The van der Waals surface area contributed by atoms with Gasteiger partial charge in [-0.15, -0.1) is 0 Å². The van der Waals surface area contributed by atoms with Crippen LogP contribution in [0.5, 0.6) is 0 Å². The number of fused-ring (bicyclic) bond motifs is 1. The highest BCUT2D eigenvalue weighted by Gasteiger charge is 2.07. The number of hydrogen-bond acceptors (Lipinski definition) is 3. The number of aryl methyl sites for hydroxylation is 1. The number of hydrogen-bond donors (Lipinski definition) is 2. The molecule has 6 nitrogen and oxygen atoms in total. The van der Waals surface area contributed by atoms with Crippen LogP contribution in [0, 0.1) is 6.92 Å². The highest BCUT2D eigenvalue weighted by atomic mass is 16.2. The minimum absolute atomic E-state index is 0.0588. The Morgan fingerprint density at radius 1 is 1.30 bits per heavy atom. The van der Waals surface area contributed by atoms with E-state index in [1.54, 1.807) is 12.1 Å². The molecule has 20 heavy (non-hydrogen) atoms. The monoisotopic (exact) mass is 274 g/mol. The fourth-order valence-electron chi connectivity index (χ4n) is 1.91. The van der Waals surface area contributed by atoms with Gasteiger partial charge in [0.15, 0.2) is 0 Å². The van der Waals surface area contributed by atoms with Crippen molar-refractivity contribution in [2.45, 2.75) is 20.3 Å². The molecule has 2 rings (SSSR count). The molecule has 0 aliphatic heterocycles. The summed E-state index contributed by atoms with van der Waals surface area (Å²) < 4.78 is 1.88. The second-order valence-electron chi connectivity index (χ2n) is 4.66. The molecular formula is C14H18N4O2. The molecule has 106 valence electrons. The first kappa shape index (κ1) is 14.0. The van der Waals surface area contributed by atoms with E-state index < -0.39 is 0 Å². The van der Waals surface area contributed by atoms with Gasteiger partial charge in [0.05, 0.1) is 5.69 Å². The zero-order valence-corrected chi connectivity index (χ0v) is 11.6. The fraction of sp³-hybridized carbons (Fsp3) is 0.357. The molecular weight excluding hydrogens is 256 g/mol. The molecule has 6 heteroatoms. The zero-order chi connectivity index (χ0) is 14.5. The maximum absolute atomic E-state index is 12.0. The number of carbonyl (C=O) groups excluding carboxylic acids is 2. The van der Waals surface area contributed by atoms with Crippen LogP contribution in [-0.4, -0.2) is 34.3 Å². The van der Waals surface area contributed by atoms with Crippen molar-refractivity contribution in [1.82, 2.24) is 20.0 Å². The Bertz CT molecular complexity index is 633. The number of imidazole rings is 1. The molecule has 0 unspecified atom stereocenters. The van der Waals surface area contributed by atoms with Crippen LogP contribution in [-0.2, 0) is 4.79 Å². The van der Waals surface area contributed by atoms with Crippen LogP contribution in [0.4, 0.5) is 0 Å². The number of pyridine rings is 1. The van der Waals surface area contributed by atoms with E-state index in [2.05, 4.69) is 15.6 Å². The van der Waals surface area contributed by atoms with Gasteiger partial charge in [-0.3, -0.25) is 9.59 Å². The zero-order valence-electron chi connectivity index (χ0n) is 11.6. The van der Waals surface area contributed by atoms with Gasteiger partial charge < -0.3 is 15.0 Å². The second-order valence-corrected chi connectivity index (χ2v) is 4.66. The molecule has 2 N–H and O–H groups in total. The second kappa shape index (κ2) is 6.18. The Morgan fingerprint density at radius 3 is 2.80 bits per heavy atom. The van der Waals surface area contributed by atoms with Crippen molar-refractivity contribution in [3.63, 3.8) is 0 Å². The summed E-state index contributed by atoms with van der Waals surface area (Å²) in [4.78, 5) is 27.0. The summed E-state index contributed by atoms with van der Waals surface area (Å²) in [6, 6.07) is 3.52. The van der Waals surface area contributed by atoms with Crippen LogP contribution in [0.1, 0.15) is 29.4 Å². The smallest absolute Gasteiger partial charge is 0.251 e. The summed E-state index contributed by atoms with van der Waals surface area (Å²) in [6.07, 6.45) is 4.43. The standard InChI is InChI=1S/C14H18N4O2/c1-10-9-18-7-4-12(8-13(18)17-10)14(20)16-6-3-5-15-11(2)19/h4,7-9H,3,5-6H2,1-2H3,(H,15,19)(H,16,20). The van der Waals surface area contributed by atoms with Gasteiger partial charge in [0.2, 0.25) is 5.91 Å². The molecule has 0 bridgehead atoms. The van der Waals surface area contributed by atoms with Crippen molar-refractivity contribution in [3.05, 3.63) is 35.8 Å². The van der Waals surface area contributed by atoms with E-state index in [4.69, 9.17) is 0 Å². The summed E-state index contributed by atoms with van der Waals surface area (Å²) in [5.41, 5.74) is 2.26. The molecule has 0 radical (unpaired) electrons. The topological polar surface area (TPSA) is 75.5 Å². The van der Waals surface area contributed by atoms with Gasteiger partial charge in [-0.05, 0) is 25.5 Å². The summed E-state index contributed by atoms with van der Waals surface area (Å²) in [5.74, 6) is -0.188. The third kappa shape index (κ3) is 3.57. The van der Waals surface area contributed by atoms with Gasteiger partial charge >= 0.3 is 0 Å². The molecule has 0 aliphatic carbocycles. The lowest BCUT2D eigenvalue weighted by molar-refractivity contribution is -0.118. The Balaban J connectivity index is 1.89. The molecule has 0 atom stereocenters. The van der Waals surface area contributed by atoms with E-state index in [-0.39, 0.29) is 11.8 Å². The van der Waals surface area contributed by atoms with Crippen LogP contribution in [0.2, 0.25) is 0 Å².